The average molecular weight is 770 g/mol. The minimum absolute atomic E-state index is 0.184. The number of fused-ring (bicyclic) bond motifs is 15. The maximum Gasteiger partial charge on any atom is 0.304 e. The second-order valence-corrected chi connectivity index (χ2v) is 22.5. The van der Waals surface area contributed by atoms with E-state index in [2.05, 4.69) is 192 Å². The molecule has 6 aromatic carbocycles. The number of rotatable bonds is 3. The highest BCUT2D eigenvalue weighted by Crippen LogP contribution is 2.47. The van der Waals surface area contributed by atoms with Gasteiger partial charge in [-0.25, -0.2) is 0 Å². The number of furan rings is 1. The number of hydrogen-bond donors (Lipinski definition) is 0. The van der Waals surface area contributed by atoms with E-state index in [1.54, 1.807) is 0 Å². The molecule has 0 N–H and O–H groups in total. The third-order valence-electron chi connectivity index (χ3n) is 12.9. The van der Waals surface area contributed by atoms with E-state index in [9.17, 15) is 0 Å². The van der Waals surface area contributed by atoms with Crippen molar-refractivity contribution in [3.8, 4) is 39.5 Å². The zero-order valence-electron chi connectivity index (χ0n) is 33.7. The zero-order chi connectivity index (χ0) is 39.3. The molecule has 0 fully saturated rings. The lowest BCUT2D eigenvalue weighted by atomic mass is 9.77. The molecule has 0 saturated heterocycles. The van der Waals surface area contributed by atoms with Gasteiger partial charge in [0.2, 0.25) is 5.69 Å². The highest BCUT2D eigenvalue weighted by molar-refractivity contribution is 6.88. The molecule has 5 heteroatoms. The standard InChI is InChI=1S/C53H47N3OSi/c1-34-31-47-40-21-10-9-20-39(40)41-29-27-37-28-30-43-42-22-12-16-26-49(42)57-52(43)51(37)53-55(35(2)32-48(41)54(47)33-50(34)58(3,4)5)45-24-14-15-25-46(45)56(53)44-23-13-11-19-38(44)36-17-7-6-8-18-36/h6-26,28,30-31,33,41,48H,2,27,29,32H2,1,3-5H3/q+2. The Kier molecular flexibility index (Phi) is 7.89. The summed E-state index contributed by atoms with van der Waals surface area (Å²) in [6, 6.07) is 53.5. The van der Waals surface area contributed by atoms with Crippen molar-refractivity contribution in [1.29, 1.82) is 0 Å². The van der Waals surface area contributed by atoms with Crippen LogP contribution in [0.25, 0.3) is 78.1 Å². The van der Waals surface area contributed by atoms with Gasteiger partial charge in [-0.3, -0.25) is 0 Å². The molecule has 11 rings (SSSR count). The van der Waals surface area contributed by atoms with Gasteiger partial charge in [-0.2, -0.15) is 13.7 Å². The Balaban J connectivity index is 1.25. The van der Waals surface area contributed by atoms with Crippen LogP contribution in [-0.4, -0.2) is 12.6 Å². The minimum atomic E-state index is -1.65. The summed E-state index contributed by atoms with van der Waals surface area (Å²) in [6.45, 7) is 14.8. The lowest BCUT2D eigenvalue weighted by Gasteiger charge is -2.33. The van der Waals surface area contributed by atoms with Gasteiger partial charge in [0.25, 0.3) is 0 Å². The van der Waals surface area contributed by atoms with Gasteiger partial charge in [0.1, 0.15) is 22.5 Å². The van der Waals surface area contributed by atoms with Crippen LogP contribution in [0, 0.1) is 6.92 Å². The van der Waals surface area contributed by atoms with Crippen molar-refractivity contribution in [2.75, 3.05) is 0 Å². The molecular formula is C53H47N3OSi+2. The molecular weight excluding hydrogens is 723 g/mol. The summed E-state index contributed by atoms with van der Waals surface area (Å²) in [5.74, 6) is 1.37. The molecule has 2 unspecified atom stereocenters. The van der Waals surface area contributed by atoms with Crippen molar-refractivity contribution in [3.05, 3.63) is 175 Å². The molecule has 9 aromatic rings. The number of hydrogen-bond acceptors (Lipinski definition) is 1. The van der Waals surface area contributed by atoms with Crippen LogP contribution in [0.15, 0.2) is 163 Å². The van der Waals surface area contributed by atoms with Crippen LogP contribution in [0.4, 0.5) is 0 Å². The van der Waals surface area contributed by atoms with E-state index in [-0.39, 0.29) is 12.0 Å². The molecule has 0 bridgehead atoms. The number of pyridine rings is 1. The fourth-order valence-electron chi connectivity index (χ4n) is 10.4. The van der Waals surface area contributed by atoms with Crippen LogP contribution in [0.5, 0.6) is 0 Å². The Morgan fingerprint density at radius 2 is 1.47 bits per heavy atom. The summed E-state index contributed by atoms with van der Waals surface area (Å²) >= 11 is 0. The van der Waals surface area contributed by atoms with Crippen molar-refractivity contribution < 1.29 is 13.6 Å². The van der Waals surface area contributed by atoms with Crippen molar-refractivity contribution in [3.63, 3.8) is 0 Å². The van der Waals surface area contributed by atoms with Gasteiger partial charge in [0, 0.05) is 39.1 Å². The molecule has 0 aliphatic carbocycles. The number of nitrogens with zero attached hydrogens (tertiary/aromatic N) is 3. The summed E-state index contributed by atoms with van der Waals surface area (Å²) in [5, 5.41) is 3.80. The molecule has 4 nitrogen and oxygen atoms in total. The third kappa shape index (κ3) is 5.26. The van der Waals surface area contributed by atoms with Gasteiger partial charge in [-0.15, -0.1) is 0 Å². The normalized spacial score (nSPS) is 16.4. The summed E-state index contributed by atoms with van der Waals surface area (Å²) in [7, 11) is -1.65. The van der Waals surface area contributed by atoms with Crippen molar-refractivity contribution >= 4 is 51.9 Å². The Labute approximate surface area is 341 Å². The molecule has 282 valence electrons. The quantitative estimate of drug-likeness (QED) is 0.130. The predicted octanol–water partition coefficient (Wildman–Crippen LogP) is 12.1. The number of para-hydroxylation sites is 4. The SMILES string of the molecule is C=C1CC2C(CCc3ccc4c(oc5ccccc54)c3-c3n1c1ccccc1[n+]3-c1ccccc1-c1ccccc1)c1ccccc1-c1cc(C)c([Si](C)(C)C)c[n+]12. The lowest BCUT2D eigenvalue weighted by Crippen LogP contribution is -2.53. The van der Waals surface area contributed by atoms with Crippen LogP contribution in [0.3, 0.4) is 0 Å². The molecule has 5 heterocycles. The predicted molar refractivity (Wildman–Crippen MR) is 241 cm³/mol. The second-order valence-electron chi connectivity index (χ2n) is 17.4. The molecule has 2 atom stereocenters. The second kappa shape index (κ2) is 13.1. The Morgan fingerprint density at radius 3 is 2.31 bits per heavy atom. The first kappa shape index (κ1) is 34.9. The Morgan fingerprint density at radius 1 is 0.741 bits per heavy atom. The van der Waals surface area contributed by atoms with Crippen LogP contribution in [0.1, 0.15) is 41.5 Å². The highest BCUT2D eigenvalue weighted by Gasteiger charge is 2.45. The zero-order valence-corrected chi connectivity index (χ0v) is 34.7. The van der Waals surface area contributed by atoms with Crippen LogP contribution < -0.4 is 14.3 Å². The first-order valence-electron chi connectivity index (χ1n) is 20.7. The van der Waals surface area contributed by atoms with Crippen LogP contribution in [0.2, 0.25) is 19.6 Å². The molecule has 3 aromatic heterocycles. The summed E-state index contributed by atoms with van der Waals surface area (Å²) in [6.07, 6.45) is 5.23. The fourth-order valence-corrected chi connectivity index (χ4v) is 12.2. The van der Waals surface area contributed by atoms with Gasteiger partial charge < -0.3 is 4.42 Å². The van der Waals surface area contributed by atoms with Crippen LogP contribution in [-0.2, 0) is 6.42 Å². The molecule has 0 amide bonds. The van der Waals surface area contributed by atoms with Crippen LogP contribution >= 0.6 is 0 Å². The third-order valence-corrected chi connectivity index (χ3v) is 15.1. The molecule has 0 radical (unpaired) electrons. The molecule has 2 aliphatic heterocycles. The Bertz CT molecular complexity index is 3130. The number of allylic oxidation sites excluding steroid dienone is 1. The molecule has 0 spiro atoms. The number of aryl methyl sites for hydroxylation is 2. The lowest BCUT2D eigenvalue weighted by molar-refractivity contribution is -0.716. The van der Waals surface area contributed by atoms with E-state index in [1.807, 2.05) is 0 Å². The highest BCUT2D eigenvalue weighted by atomic mass is 28.3. The van der Waals surface area contributed by atoms with Crippen molar-refractivity contribution in [2.45, 2.75) is 57.8 Å². The van der Waals surface area contributed by atoms with E-state index in [0.717, 1.165) is 75.0 Å². The van der Waals surface area contributed by atoms with E-state index < -0.39 is 8.07 Å². The number of imidazole rings is 1. The minimum Gasteiger partial charge on any atom is -0.455 e. The summed E-state index contributed by atoms with van der Waals surface area (Å²) < 4.78 is 14.7. The first-order chi connectivity index (χ1) is 28.3. The van der Waals surface area contributed by atoms with Gasteiger partial charge in [-0.1, -0.05) is 135 Å². The van der Waals surface area contributed by atoms with Gasteiger partial charge in [-0.05, 0) is 72.4 Å². The van der Waals surface area contributed by atoms with E-state index in [4.69, 9.17) is 11.0 Å². The Hall–Kier alpha value is -6.30. The van der Waals surface area contributed by atoms with E-state index >= 15 is 0 Å². The topological polar surface area (TPSA) is 25.8 Å². The number of benzene rings is 6. The largest absolute Gasteiger partial charge is 0.455 e. The molecule has 58 heavy (non-hydrogen) atoms. The smallest absolute Gasteiger partial charge is 0.304 e. The summed E-state index contributed by atoms with van der Waals surface area (Å²) in [4.78, 5) is 0. The average Bonchev–Trinajstić information content (AvgIpc) is 3.79. The number of aromatic nitrogens is 3. The van der Waals surface area contributed by atoms with E-state index in [0.29, 0.717) is 0 Å². The maximum atomic E-state index is 7.02. The van der Waals surface area contributed by atoms with Gasteiger partial charge in [0.05, 0.1) is 14.5 Å². The van der Waals surface area contributed by atoms with Gasteiger partial charge in [0.15, 0.2) is 28.9 Å². The van der Waals surface area contributed by atoms with E-state index in [1.165, 1.54) is 44.3 Å². The maximum absolute atomic E-state index is 7.02. The molecule has 2 aliphatic rings. The summed E-state index contributed by atoms with van der Waals surface area (Å²) in [5.41, 5.74) is 16.6. The monoisotopic (exact) mass is 769 g/mol. The first-order valence-corrected chi connectivity index (χ1v) is 24.2. The van der Waals surface area contributed by atoms with Gasteiger partial charge >= 0.3 is 5.82 Å². The fraction of sp³-hybridized carbons (Fsp3) is 0.170. The molecule has 0 saturated carbocycles. The van der Waals surface area contributed by atoms with Crippen molar-refractivity contribution in [1.82, 2.24) is 4.57 Å². The van der Waals surface area contributed by atoms with Crippen molar-refractivity contribution in [2.24, 2.45) is 0 Å².